The summed E-state index contributed by atoms with van der Waals surface area (Å²) in [6.45, 7) is 7.98. The molecule has 148 valence electrons. The molecule has 3 aromatic rings. The zero-order valence-electron chi connectivity index (χ0n) is 16.6. The lowest BCUT2D eigenvalue weighted by atomic mass is 10.2. The molecule has 0 aliphatic carbocycles. The number of benzene rings is 1. The van der Waals surface area contributed by atoms with Crippen LogP contribution in [0.5, 0.6) is 0 Å². The second kappa shape index (κ2) is 9.17. The third-order valence-corrected chi connectivity index (χ3v) is 5.22. The van der Waals surface area contributed by atoms with Gasteiger partial charge in [0.1, 0.15) is 17.9 Å². The zero-order chi connectivity index (χ0) is 20.1. The van der Waals surface area contributed by atoms with Gasteiger partial charge in [-0.1, -0.05) is 25.4 Å². The summed E-state index contributed by atoms with van der Waals surface area (Å²) < 4.78 is 1.88. The summed E-state index contributed by atoms with van der Waals surface area (Å²) in [5.74, 6) is 0.753. The quantitative estimate of drug-likeness (QED) is 0.581. The van der Waals surface area contributed by atoms with Crippen LogP contribution in [0.1, 0.15) is 13.8 Å². The Kier molecular flexibility index (Phi) is 6.65. The number of aromatic nitrogens is 3. The van der Waals surface area contributed by atoms with Gasteiger partial charge in [-0.15, -0.1) is 0 Å². The molecule has 3 rings (SSSR count). The molecule has 0 radical (unpaired) electrons. The lowest BCUT2D eigenvalue weighted by Crippen LogP contribution is -2.37. The van der Waals surface area contributed by atoms with Gasteiger partial charge >= 0.3 is 0 Å². The molecule has 0 spiro atoms. The third-order valence-electron chi connectivity index (χ3n) is 4.97. The van der Waals surface area contributed by atoms with Crippen LogP contribution in [0.3, 0.4) is 0 Å². The minimum atomic E-state index is 0.0346. The molecule has 2 aromatic heterocycles. The summed E-state index contributed by atoms with van der Waals surface area (Å²) in [5.41, 5.74) is 2.38. The van der Waals surface area contributed by atoms with Gasteiger partial charge in [0.2, 0.25) is 5.91 Å². The number of hydrogen-bond acceptors (Lipinski definition) is 4. The van der Waals surface area contributed by atoms with Gasteiger partial charge < -0.3 is 9.80 Å². The second-order valence-electron chi connectivity index (χ2n) is 6.72. The summed E-state index contributed by atoms with van der Waals surface area (Å²) in [4.78, 5) is 26.1. The van der Waals surface area contributed by atoms with Gasteiger partial charge in [-0.2, -0.15) is 0 Å². The van der Waals surface area contributed by atoms with E-state index in [1.165, 1.54) is 0 Å². The topological polar surface area (TPSA) is 54.3 Å². The second-order valence-corrected chi connectivity index (χ2v) is 7.15. The average Bonchev–Trinajstić information content (AvgIpc) is 3.07. The van der Waals surface area contributed by atoms with Crippen LogP contribution in [-0.4, -0.2) is 63.5 Å². The van der Waals surface area contributed by atoms with E-state index in [1.54, 1.807) is 11.1 Å². The number of fused-ring (bicyclic) bond motifs is 1. The minimum absolute atomic E-state index is 0.0346. The Morgan fingerprint density at radius 3 is 2.50 bits per heavy atom. The number of carbonyl (C=O) groups excluding carboxylic acids is 1. The highest BCUT2D eigenvalue weighted by Crippen LogP contribution is 2.25. The molecule has 28 heavy (non-hydrogen) atoms. The van der Waals surface area contributed by atoms with Crippen LogP contribution in [-0.2, 0) is 11.3 Å². The highest BCUT2D eigenvalue weighted by atomic mass is 35.5. The first kappa shape index (κ1) is 20.3. The Morgan fingerprint density at radius 1 is 1.11 bits per heavy atom. The molecule has 0 aliphatic rings. The van der Waals surface area contributed by atoms with E-state index in [2.05, 4.69) is 23.7 Å². The lowest BCUT2D eigenvalue weighted by Gasteiger charge is -2.23. The highest BCUT2D eigenvalue weighted by molar-refractivity contribution is 6.30. The van der Waals surface area contributed by atoms with Gasteiger partial charge in [0.15, 0.2) is 5.65 Å². The van der Waals surface area contributed by atoms with Crippen LogP contribution in [0.4, 0.5) is 0 Å². The first-order valence-electron chi connectivity index (χ1n) is 9.57. The minimum Gasteiger partial charge on any atom is -0.343 e. The van der Waals surface area contributed by atoms with E-state index < -0.39 is 0 Å². The summed E-state index contributed by atoms with van der Waals surface area (Å²) in [5, 5.41) is 0.664. The van der Waals surface area contributed by atoms with Crippen molar-refractivity contribution in [2.24, 2.45) is 0 Å². The average molecular weight is 400 g/mol. The van der Waals surface area contributed by atoms with Crippen molar-refractivity contribution in [2.45, 2.75) is 20.4 Å². The number of halogens is 1. The van der Waals surface area contributed by atoms with Crippen molar-refractivity contribution in [2.75, 3.05) is 33.2 Å². The largest absolute Gasteiger partial charge is 0.343 e. The molecule has 0 aliphatic heterocycles. The highest BCUT2D eigenvalue weighted by Gasteiger charge is 2.18. The van der Waals surface area contributed by atoms with E-state index in [-0.39, 0.29) is 12.5 Å². The predicted octanol–water partition coefficient (Wildman–Crippen LogP) is 3.55. The number of likely N-dealkylation sites (N-methyl/N-ethyl adjacent to an activating group) is 2. The van der Waals surface area contributed by atoms with Crippen molar-refractivity contribution in [3.8, 4) is 11.4 Å². The van der Waals surface area contributed by atoms with Crippen molar-refractivity contribution >= 4 is 28.7 Å². The number of nitrogens with zero attached hydrogens (tertiary/aromatic N) is 5. The van der Waals surface area contributed by atoms with Gasteiger partial charge in [0, 0.05) is 36.9 Å². The van der Waals surface area contributed by atoms with E-state index in [0.29, 0.717) is 17.2 Å². The molecule has 6 nitrogen and oxygen atoms in total. The zero-order valence-corrected chi connectivity index (χ0v) is 17.4. The van der Waals surface area contributed by atoms with Gasteiger partial charge in [-0.25, -0.2) is 9.97 Å². The molecule has 2 heterocycles. The normalized spacial score (nSPS) is 11.3. The number of pyridine rings is 1. The molecule has 0 bridgehead atoms. The SMILES string of the molecule is CCN(CC)CCN(C)C(=O)Cn1c(-c2ccc(Cl)cc2)nc2cccnc21. The Balaban J connectivity index is 1.86. The molecular weight excluding hydrogens is 374 g/mol. The Bertz CT molecular complexity index is 934. The number of imidazole rings is 1. The van der Waals surface area contributed by atoms with E-state index in [1.807, 2.05) is 48.0 Å². The lowest BCUT2D eigenvalue weighted by molar-refractivity contribution is -0.130. The molecule has 0 atom stereocenters. The predicted molar refractivity (Wildman–Crippen MR) is 113 cm³/mol. The third kappa shape index (κ3) is 4.51. The molecule has 1 amide bonds. The van der Waals surface area contributed by atoms with Crippen LogP contribution in [0, 0.1) is 0 Å². The number of carbonyl (C=O) groups is 1. The standard InChI is InChI=1S/C21H26ClN5O/c1-4-26(5-2)14-13-25(3)19(28)15-27-20(16-8-10-17(22)11-9-16)24-18-7-6-12-23-21(18)27/h6-12H,4-5,13-15H2,1-3H3. The van der Waals surface area contributed by atoms with Crippen LogP contribution in [0.25, 0.3) is 22.6 Å². The fraction of sp³-hybridized carbons (Fsp3) is 0.381. The Morgan fingerprint density at radius 2 is 1.82 bits per heavy atom. The van der Waals surface area contributed by atoms with Crippen LogP contribution in [0.2, 0.25) is 5.02 Å². The summed E-state index contributed by atoms with van der Waals surface area (Å²) in [6, 6.07) is 11.2. The van der Waals surface area contributed by atoms with Gasteiger partial charge in [-0.05, 0) is 49.5 Å². The van der Waals surface area contributed by atoms with Crippen molar-refractivity contribution < 1.29 is 4.79 Å². The molecule has 1 aromatic carbocycles. The molecule has 0 fully saturated rings. The maximum absolute atomic E-state index is 12.9. The molecule has 0 unspecified atom stereocenters. The van der Waals surface area contributed by atoms with Crippen LogP contribution in [0.15, 0.2) is 42.6 Å². The van der Waals surface area contributed by atoms with Gasteiger partial charge in [0.05, 0.1) is 0 Å². The molecule has 7 heteroatoms. The summed E-state index contributed by atoms with van der Waals surface area (Å²) in [6.07, 6.45) is 1.72. The van der Waals surface area contributed by atoms with Gasteiger partial charge in [-0.3, -0.25) is 9.36 Å². The smallest absolute Gasteiger partial charge is 0.242 e. The molecule has 0 N–H and O–H groups in total. The fourth-order valence-electron chi connectivity index (χ4n) is 3.14. The van der Waals surface area contributed by atoms with E-state index in [9.17, 15) is 4.79 Å². The first-order chi connectivity index (χ1) is 13.5. The molecule has 0 saturated heterocycles. The first-order valence-corrected chi connectivity index (χ1v) is 9.94. The van der Waals surface area contributed by atoms with Gasteiger partial charge in [0.25, 0.3) is 0 Å². The molecule has 0 saturated carbocycles. The Hall–Kier alpha value is -2.44. The summed E-state index contributed by atoms with van der Waals surface area (Å²) >= 11 is 6.02. The maximum Gasteiger partial charge on any atom is 0.242 e. The Labute approximate surface area is 170 Å². The van der Waals surface area contributed by atoms with E-state index in [4.69, 9.17) is 16.6 Å². The summed E-state index contributed by atoms with van der Waals surface area (Å²) in [7, 11) is 1.85. The molecular formula is C21H26ClN5O. The van der Waals surface area contributed by atoms with Crippen molar-refractivity contribution in [3.05, 3.63) is 47.6 Å². The number of hydrogen-bond donors (Lipinski definition) is 0. The van der Waals surface area contributed by atoms with Crippen molar-refractivity contribution in [1.29, 1.82) is 0 Å². The monoisotopic (exact) mass is 399 g/mol. The van der Waals surface area contributed by atoms with E-state index >= 15 is 0 Å². The van der Waals surface area contributed by atoms with Crippen molar-refractivity contribution in [1.82, 2.24) is 24.3 Å². The van der Waals surface area contributed by atoms with Crippen LogP contribution >= 0.6 is 11.6 Å². The van der Waals surface area contributed by atoms with Crippen molar-refractivity contribution in [3.63, 3.8) is 0 Å². The number of amides is 1. The van der Waals surface area contributed by atoms with E-state index in [0.717, 1.165) is 36.5 Å². The fourth-order valence-corrected chi connectivity index (χ4v) is 3.27. The maximum atomic E-state index is 12.9. The number of rotatable bonds is 8. The van der Waals surface area contributed by atoms with Crippen LogP contribution < -0.4 is 0 Å².